The van der Waals surface area contributed by atoms with E-state index in [0.717, 1.165) is 0 Å². The van der Waals surface area contributed by atoms with Crippen LogP contribution in [-0.2, 0) is 9.53 Å². The lowest BCUT2D eigenvalue weighted by atomic mass is 10.1. The van der Waals surface area contributed by atoms with E-state index >= 15 is 0 Å². The summed E-state index contributed by atoms with van der Waals surface area (Å²) in [4.78, 5) is 12.1. The van der Waals surface area contributed by atoms with Crippen LogP contribution < -0.4 is 19.5 Å². The molecule has 0 unspecified atom stereocenters. The molecule has 1 amide bonds. The lowest BCUT2D eigenvalue weighted by molar-refractivity contribution is -0.117. The lowest BCUT2D eigenvalue weighted by Gasteiger charge is -2.12. The number of methoxy groups -OCH3 is 4. The van der Waals surface area contributed by atoms with Gasteiger partial charge in [-0.15, -0.1) is 0 Å². The fourth-order valence-corrected chi connectivity index (χ4v) is 1.98. The number of benzene rings is 1. The molecule has 0 aliphatic carbocycles. The Hall–Kier alpha value is -2.72. The molecule has 0 fully saturated rings. The molecule has 0 heterocycles. The van der Waals surface area contributed by atoms with Gasteiger partial charge in [0.15, 0.2) is 11.5 Å². The van der Waals surface area contributed by atoms with Crippen LogP contribution in [0.2, 0.25) is 0 Å². The van der Waals surface area contributed by atoms with E-state index < -0.39 is 5.91 Å². The van der Waals surface area contributed by atoms with Crippen LogP contribution in [0.4, 0.5) is 0 Å². The number of ether oxygens (including phenoxy) is 4. The summed E-state index contributed by atoms with van der Waals surface area (Å²) in [6, 6.07) is 5.18. The van der Waals surface area contributed by atoms with Crippen LogP contribution in [0, 0.1) is 11.3 Å². The molecule has 0 spiro atoms. The quantitative estimate of drug-likeness (QED) is 0.420. The first-order valence-electron chi connectivity index (χ1n) is 7.30. The summed E-state index contributed by atoms with van der Waals surface area (Å²) < 4.78 is 20.6. The van der Waals surface area contributed by atoms with Crippen LogP contribution in [-0.4, -0.2) is 47.5 Å². The van der Waals surface area contributed by atoms with Crippen molar-refractivity contribution in [1.82, 2.24) is 5.32 Å². The monoisotopic (exact) mass is 334 g/mol. The van der Waals surface area contributed by atoms with E-state index in [1.807, 2.05) is 6.07 Å². The first-order valence-corrected chi connectivity index (χ1v) is 7.30. The Balaban J connectivity index is 3.06. The fraction of sp³-hybridized carbons (Fsp3) is 0.412. The average molecular weight is 334 g/mol. The van der Waals surface area contributed by atoms with Crippen molar-refractivity contribution in [2.75, 3.05) is 41.6 Å². The van der Waals surface area contributed by atoms with E-state index in [9.17, 15) is 10.1 Å². The molecule has 1 aromatic carbocycles. The maximum absolute atomic E-state index is 12.1. The molecule has 24 heavy (non-hydrogen) atoms. The molecule has 0 radical (unpaired) electrons. The predicted octanol–water partition coefficient (Wildman–Crippen LogP) is 1.77. The molecule has 0 saturated carbocycles. The Morgan fingerprint density at radius 1 is 1.12 bits per heavy atom. The highest BCUT2D eigenvalue weighted by Crippen LogP contribution is 2.35. The Labute approximate surface area is 141 Å². The van der Waals surface area contributed by atoms with Crippen LogP contribution in [0.25, 0.3) is 6.08 Å². The smallest absolute Gasteiger partial charge is 0.261 e. The second-order valence-electron chi connectivity index (χ2n) is 4.72. The molecule has 1 aromatic rings. The molecule has 130 valence electrons. The van der Waals surface area contributed by atoms with Gasteiger partial charge in [0.05, 0.1) is 21.3 Å². The zero-order valence-corrected chi connectivity index (χ0v) is 14.3. The summed E-state index contributed by atoms with van der Waals surface area (Å²) in [5.74, 6) is 0.981. The summed E-state index contributed by atoms with van der Waals surface area (Å²) >= 11 is 0. The second-order valence-corrected chi connectivity index (χ2v) is 4.72. The third kappa shape index (κ3) is 5.18. The number of amides is 1. The zero-order chi connectivity index (χ0) is 17.9. The van der Waals surface area contributed by atoms with Gasteiger partial charge in [-0.3, -0.25) is 4.79 Å². The van der Waals surface area contributed by atoms with Crippen molar-refractivity contribution in [3.8, 4) is 23.3 Å². The van der Waals surface area contributed by atoms with E-state index in [2.05, 4.69) is 5.32 Å². The second kappa shape index (κ2) is 10.1. The lowest BCUT2D eigenvalue weighted by Crippen LogP contribution is -2.26. The number of rotatable bonds is 9. The first-order chi connectivity index (χ1) is 11.6. The van der Waals surface area contributed by atoms with E-state index in [4.69, 9.17) is 18.9 Å². The maximum Gasteiger partial charge on any atom is 0.261 e. The van der Waals surface area contributed by atoms with Crippen molar-refractivity contribution < 1.29 is 23.7 Å². The van der Waals surface area contributed by atoms with Crippen LogP contribution in [0.3, 0.4) is 0 Å². The maximum atomic E-state index is 12.1. The van der Waals surface area contributed by atoms with Crippen molar-refractivity contribution in [3.05, 3.63) is 23.3 Å². The number of hydrogen-bond donors (Lipinski definition) is 1. The number of nitrogens with one attached hydrogen (secondary N) is 1. The topological polar surface area (TPSA) is 89.8 Å². The van der Waals surface area contributed by atoms with Crippen molar-refractivity contribution >= 4 is 12.0 Å². The Bertz CT molecular complexity index is 635. The van der Waals surface area contributed by atoms with Crippen LogP contribution in [0.5, 0.6) is 17.2 Å². The SMILES string of the molecule is COCCCNC(=O)/C(C#N)=C/c1cc(OC)c(OC)cc1OC. The van der Waals surface area contributed by atoms with Gasteiger partial charge in [-0.25, -0.2) is 0 Å². The minimum absolute atomic E-state index is 0.0297. The Morgan fingerprint density at radius 3 is 2.29 bits per heavy atom. The Kier molecular flexibility index (Phi) is 8.16. The number of carbonyl (C=O) groups excluding carboxylic acids is 1. The molecule has 0 aromatic heterocycles. The normalized spacial score (nSPS) is 10.7. The number of nitriles is 1. The summed E-state index contributed by atoms with van der Waals surface area (Å²) in [5, 5.41) is 11.9. The summed E-state index contributed by atoms with van der Waals surface area (Å²) in [5.41, 5.74) is 0.511. The summed E-state index contributed by atoms with van der Waals surface area (Å²) in [6.45, 7) is 0.962. The Morgan fingerprint density at radius 2 is 1.75 bits per heavy atom. The molecule has 0 saturated heterocycles. The van der Waals surface area contributed by atoms with Crippen LogP contribution >= 0.6 is 0 Å². The largest absolute Gasteiger partial charge is 0.496 e. The number of carbonyl (C=O) groups is 1. The molecule has 7 nitrogen and oxygen atoms in total. The number of hydrogen-bond acceptors (Lipinski definition) is 6. The van der Waals surface area contributed by atoms with E-state index in [0.29, 0.717) is 42.4 Å². The molecule has 1 rings (SSSR count). The highest BCUT2D eigenvalue weighted by Gasteiger charge is 2.14. The van der Waals surface area contributed by atoms with Gasteiger partial charge in [0.2, 0.25) is 0 Å². The average Bonchev–Trinajstić information content (AvgIpc) is 2.62. The van der Waals surface area contributed by atoms with Gasteiger partial charge >= 0.3 is 0 Å². The highest BCUT2D eigenvalue weighted by molar-refractivity contribution is 6.02. The zero-order valence-electron chi connectivity index (χ0n) is 14.3. The highest BCUT2D eigenvalue weighted by atomic mass is 16.5. The fourth-order valence-electron chi connectivity index (χ4n) is 1.98. The molecule has 7 heteroatoms. The van der Waals surface area contributed by atoms with E-state index in [1.54, 1.807) is 19.2 Å². The first kappa shape index (κ1) is 19.3. The minimum Gasteiger partial charge on any atom is -0.496 e. The molecular formula is C17H22N2O5. The predicted molar refractivity (Wildman–Crippen MR) is 89.2 cm³/mol. The standard InChI is InChI=1S/C17H22N2O5/c1-21-7-5-6-19-17(20)13(11-18)8-12-9-15(23-3)16(24-4)10-14(12)22-2/h8-10H,5-7H2,1-4H3,(H,19,20)/b13-8+. The van der Waals surface area contributed by atoms with Crippen LogP contribution in [0.1, 0.15) is 12.0 Å². The molecule has 0 atom stereocenters. The third-order valence-corrected chi connectivity index (χ3v) is 3.21. The molecule has 0 bridgehead atoms. The van der Waals surface area contributed by atoms with E-state index in [-0.39, 0.29) is 5.57 Å². The van der Waals surface area contributed by atoms with Gasteiger partial charge in [-0.1, -0.05) is 0 Å². The molecule has 1 N–H and O–H groups in total. The van der Waals surface area contributed by atoms with Gasteiger partial charge in [0.1, 0.15) is 17.4 Å². The van der Waals surface area contributed by atoms with Gasteiger partial charge < -0.3 is 24.3 Å². The van der Waals surface area contributed by atoms with Gasteiger partial charge in [-0.05, 0) is 18.6 Å². The van der Waals surface area contributed by atoms with Crippen molar-refractivity contribution in [1.29, 1.82) is 5.26 Å². The summed E-state index contributed by atoms with van der Waals surface area (Å²) in [6.07, 6.45) is 2.12. The van der Waals surface area contributed by atoms with Gasteiger partial charge in [0.25, 0.3) is 5.91 Å². The molecular weight excluding hydrogens is 312 g/mol. The van der Waals surface area contributed by atoms with Gasteiger partial charge in [0, 0.05) is 31.9 Å². The van der Waals surface area contributed by atoms with E-state index in [1.165, 1.54) is 27.4 Å². The summed E-state index contributed by atoms with van der Waals surface area (Å²) in [7, 11) is 6.10. The van der Waals surface area contributed by atoms with Crippen LogP contribution in [0.15, 0.2) is 17.7 Å². The van der Waals surface area contributed by atoms with Crippen molar-refractivity contribution in [2.24, 2.45) is 0 Å². The molecule has 0 aliphatic heterocycles. The molecule has 0 aliphatic rings. The van der Waals surface area contributed by atoms with Crippen molar-refractivity contribution in [2.45, 2.75) is 6.42 Å². The third-order valence-electron chi connectivity index (χ3n) is 3.21. The minimum atomic E-state index is -0.453. The van der Waals surface area contributed by atoms with Crippen molar-refractivity contribution in [3.63, 3.8) is 0 Å². The van der Waals surface area contributed by atoms with Gasteiger partial charge in [-0.2, -0.15) is 5.26 Å². The number of nitrogens with zero attached hydrogens (tertiary/aromatic N) is 1.